The van der Waals surface area contributed by atoms with Crippen molar-refractivity contribution in [3.8, 4) is 0 Å². The summed E-state index contributed by atoms with van der Waals surface area (Å²) < 4.78 is 5.00. The number of aliphatic carboxylic acids is 1. The zero-order chi connectivity index (χ0) is 18.1. The number of esters is 1. The normalized spacial score (nSPS) is 9.52. The molecule has 0 atom stereocenters. The number of hydrogen-bond acceptors (Lipinski definition) is 4. The lowest BCUT2D eigenvalue weighted by atomic mass is 10.1. The van der Waals surface area contributed by atoms with E-state index in [0.29, 0.717) is 18.8 Å². The van der Waals surface area contributed by atoms with Crippen LogP contribution in [0.1, 0.15) is 65.2 Å². The molecule has 0 aliphatic heterocycles. The zero-order valence-electron chi connectivity index (χ0n) is 14.6. The molecule has 0 unspecified atom stereocenters. The molecular weight excluding hydrogens is 296 g/mol. The topological polar surface area (TPSA) is 83.8 Å². The highest BCUT2D eigenvalue weighted by Crippen LogP contribution is 2.08. The molecule has 0 saturated carbocycles. The van der Waals surface area contributed by atoms with E-state index in [0.717, 1.165) is 25.7 Å². The average molecular weight is 328 g/mol. The van der Waals surface area contributed by atoms with Crippen LogP contribution in [0.4, 0.5) is 0 Å². The van der Waals surface area contributed by atoms with Crippen molar-refractivity contribution >= 4 is 11.9 Å². The van der Waals surface area contributed by atoms with Crippen LogP contribution in [-0.2, 0) is 14.3 Å². The van der Waals surface area contributed by atoms with Crippen LogP contribution in [0.15, 0.2) is 24.3 Å². The molecule has 0 aromatic rings. The molecule has 0 bridgehead atoms. The second-order valence-corrected chi connectivity index (χ2v) is 5.55. The Morgan fingerprint density at radius 3 is 1.57 bits per heavy atom. The first-order valence-corrected chi connectivity index (χ1v) is 8.15. The fourth-order valence-corrected chi connectivity index (χ4v) is 1.56. The maximum absolute atomic E-state index is 11.0. The van der Waals surface area contributed by atoms with E-state index in [1.807, 2.05) is 0 Å². The summed E-state index contributed by atoms with van der Waals surface area (Å²) in [6.45, 7) is 10.6. The first-order chi connectivity index (χ1) is 10.8. The third kappa shape index (κ3) is 20.4. The molecule has 2 N–H and O–H groups in total. The van der Waals surface area contributed by atoms with Crippen LogP contribution in [0, 0.1) is 0 Å². The number of carbonyl (C=O) groups is 2. The van der Waals surface area contributed by atoms with Gasteiger partial charge in [0.1, 0.15) is 0 Å². The van der Waals surface area contributed by atoms with Crippen molar-refractivity contribution in [2.45, 2.75) is 65.2 Å². The van der Waals surface area contributed by atoms with Crippen LogP contribution in [-0.4, -0.2) is 35.4 Å². The van der Waals surface area contributed by atoms with Crippen molar-refractivity contribution in [1.29, 1.82) is 0 Å². The van der Waals surface area contributed by atoms with Crippen LogP contribution in [0.2, 0.25) is 0 Å². The highest BCUT2D eigenvalue weighted by Gasteiger charge is 2.01. The van der Waals surface area contributed by atoms with E-state index in [1.54, 1.807) is 6.92 Å². The van der Waals surface area contributed by atoms with Crippen molar-refractivity contribution in [3.63, 3.8) is 0 Å². The molecule has 0 rings (SSSR count). The largest absolute Gasteiger partial charge is 0.478 e. The van der Waals surface area contributed by atoms with Gasteiger partial charge in [0.15, 0.2) is 0 Å². The van der Waals surface area contributed by atoms with Crippen LogP contribution in [0.3, 0.4) is 0 Å². The highest BCUT2D eigenvalue weighted by molar-refractivity contribution is 5.86. The zero-order valence-corrected chi connectivity index (χ0v) is 14.6. The van der Waals surface area contributed by atoms with Crippen molar-refractivity contribution in [1.82, 2.24) is 0 Å². The third-order valence-corrected chi connectivity index (χ3v) is 3.00. The Bertz CT molecular complexity index is 348. The van der Waals surface area contributed by atoms with Crippen LogP contribution < -0.4 is 0 Å². The smallest absolute Gasteiger partial charge is 0.333 e. The highest BCUT2D eigenvalue weighted by atomic mass is 16.5. The Kier molecular flexibility index (Phi) is 17.2. The van der Waals surface area contributed by atoms with Gasteiger partial charge in [0, 0.05) is 17.8 Å². The Balaban J connectivity index is 0. The van der Waals surface area contributed by atoms with Crippen LogP contribution in [0.25, 0.3) is 0 Å². The van der Waals surface area contributed by atoms with Crippen molar-refractivity contribution in [3.05, 3.63) is 24.3 Å². The second kappa shape index (κ2) is 16.7. The van der Waals surface area contributed by atoms with Gasteiger partial charge in [0.05, 0.1) is 6.61 Å². The number of carboxylic acids is 1. The van der Waals surface area contributed by atoms with Gasteiger partial charge in [-0.05, 0) is 26.7 Å². The lowest BCUT2D eigenvalue weighted by Crippen LogP contribution is -2.05. The molecule has 0 heterocycles. The van der Waals surface area contributed by atoms with E-state index in [1.165, 1.54) is 32.6 Å². The first kappa shape index (κ1) is 23.6. The lowest BCUT2D eigenvalue weighted by Gasteiger charge is -2.04. The van der Waals surface area contributed by atoms with Crippen LogP contribution >= 0.6 is 0 Å². The summed E-state index contributed by atoms with van der Waals surface area (Å²) in [7, 11) is 0. The molecule has 0 amide bonds. The van der Waals surface area contributed by atoms with Gasteiger partial charge in [-0.1, -0.05) is 51.7 Å². The number of carboxylic acid groups (broad SMARTS) is 1. The standard InChI is InChI=1S/C14H26O3.C4H6O2/c1-13(2)14(16)17-12-10-8-6-4-3-5-7-9-11-15;1-3(2)4(5)6/h15H,1,3-12H2,2H3;1H2,2H3,(H,5,6). The molecule has 0 spiro atoms. The monoisotopic (exact) mass is 328 g/mol. The Hall–Kier alpha value is -1.62. The summed E-state index contributed by atoms with van der Waals surface area (Å²) in [4.78, 5) is 20.6. The maximum atomic E-state index is 11.0. The molecule has 0 saturated heterocycles. The van der Waals surface area contributed by atoms with Gasteiger partial charge in [-0.3, -0.25) is 0 Å². The van der Waals surface area contributed by atoms with Gasteiger partial charge in [-0.2, -0.15) is 0 Å². The number of aliphatic hydroxyl groups is 1. The molecule has 0 fully saturated rings. The summed E-state index contributed by atoms with van der Waals surface area (Å²) in [5.74, 6) is -1.22. The lowest BCUT2D eigenvalue weighted by molar-refractivity contribution is -0.139. The van der Waals surface area contributed by atoms with E-state index in [4.69, 9.17) is 14.9 Å². The van der Waals surface area contributed by atoms with E-state index < -0.39 is 5.97 Å². The van der Waals surface area contributed by atoms with Gasteiger partial charge < -0.3 is 14.9 Å². The van der Waals surface area contributed by atoms with Gasteiger partial charge in [0.2, 0.25) is 0 Å². The predicted molar refractivity (Wildman–Crippen MR) is 92.2 cm³/mol. The van der Waals surface area contributed by atoms with Gasteiger partial charge >= 0.3 is 11.9 Å². The molecular formula is C18H32O5. The Morgan fingerprint density at radius 2 is 1.22 bits per heavy atom. The fourth-order valence-electron chi connectivity index (χ4n) is 1.56. The number of unbranched alkanes of at least 4 members (excludes halogenated alkanes) is 7. The quantitative estimate of drug-likeness (QED) is 0.323. The summed E-state index contributed by atoms with van der Waals surface area (Å²) in [6, 6.07) is 0. The SMILES string of the molecule is C=C(C)C(=O)O.C=C(C)C(=O)OCCCCCCCCCCO. The molecule has 134 valence electrons. The number of hydrogen-bond donors (Lipinski definition) is 2. The molecule has 0 radical (unpaired) electrons. The summed E-state index contributed by atoms with van der Waals surface area (Å²) in [6.07, 6.45) is 9.00. The minimum Gasteiger partial charge on any atom is -0.478 e. The number of carbonyl (C=O) groups excluding carboxylic acids is 1. The van der Waals surface area contributed by atoms with E-state index in [2.05, 4.69) is 13.2 Å². The molecule has 0 aromatic heterocycles. The number of ether oxygens (including phenoxy) is 1. The van der Waals surface area contributed by atoms with Crippen LogP contribution in [0.5, 0.6) is 0 Å². The van der Waals surface area contributed by atoms with Crippen molar-refractivity contribution in [2.24, 2.45) is 0 Å². The third-order valence-electron chi connectivity index (χ3n) is 3.00. The average Bonchev–Trinajstić information content (AvgIpc) is 2.49. The number of rotatable bonds is 12. The van der Waals surface area contributed by atoms with E-state index in [-0.39, 0.29) is 11.5 Å². The maximum Gasteiger partial charge on any atom is 0.333 e. The molecule has 0 aliphatic carbocycles. The molecule has 5 nitrogen and oxygen atoms in total. The van der Waals surface area contributed by atoms with Gasteiger partial charge in [-0.15, -0.1) is 0 Å². The summed E-state index contributed by atoms with van der Waals surface area (Å²) in [5.41, 5.74) is 0.642. The minimum atomic E-state index is -0.935. The summed E-state index contributed by atoms with van der Waals surface area (Å²) >= 11 is 0. The van der Waals surface area contributed by atoms with E-state index >= 15 is 0 Å². The van der Waals surface area contributed by atoms with E-state index in [9.17, 15) is 9.59 Å². The van der Waals surface area contributed by atoms with Gasteiger partial charge in [-0.25, -0.2) is 9.59 Å². The first-order valence-electron chi connectivity index (χ1n) is 8.15. The second-order valence-electron chi connectivity index (χ2n) is 5.55. The molecule has 23 heavy (non-hydrogen) atoms. The number of aliphatic hydroxyl groups excluding tert-OH is 1. The Labute approximate surface area is 140 Å². The molecule has 0 aliphatic rings. The molecule has 5 heteroatoms. The van der Waals surface area contributed by atoms with Crippen molar-refractivity contribution < 1.29 is 24.5 Å². The molecule has 0 aromatic carbocycles. The Morgan fingerprint density at radius 1 is 0.826 bits per heavy atom. The van der Waals surface area contributed by atoms with Crippen molar-refractivity contribution in [2.75, 3.05) is 13.2 Å². The fraction of sp³-hybridized carbons (Fsp3) is 0.667. The summed E-state index contributed by atoms with van der Waals surface area (Å²) in [5, 5.41) is 16.5. The predicted octanol–water partition coefficient (Wildman–Crippen LogP) is 3.87. The minimum absolute atomic E-state index is 0.176. The van der Waals surface area contributed by atoms with Gasteiger partial charge in [0.25, 0.3) is 0 Å².